The van der Waals surface area contributed by atoms with Crippen LogP contribution in [0.2, 0.25) is 0 Å². The summed E-state index contributed by atoms with van der Waals surface area (Å²) >= 11 is 0. The van der Waals surface area contributed by atoms with Gasteiger partial charge in [-0.25, -0.2) is 0 Å². The number of ketones is 1. The van der Waals surface area contributed by atoms with E-state index < -0.39 is 0 Å². The average Bonchev–Trinajstić information content (AvgIpc) is 3.06. The zero-order chi connectivity index (χ0) is 20.4. The average molecular weight is 395 g/mol. The number of allylic oxidation sites excluding steroid dienone is 1. The van der Waals surface area contributed by atoms with Crippen LogP contribution in [0.1, 0.15) is 40.7 Å². The van der Waals surface area contributed by atoms with Gasteiger partial charge in [0.15, 0.2) is 17.3 Å². The first-order valence-electron chi connectivity index (χ1n) is 9.85. The van der Waals surface area contributed by atoms with Crippen LogP contribution in [0.3, 0.4) is 0 Å². The van der Waals surface area contributed by atoms with E-state index in [0.29, 0.717) is 40.5 Å². The molecular weight excluding hydrogens is 370 g/mol. The Morgan fingerprint density at radius 2 is 1.90 bits per heavy atom. The number of fused-ring (bicyclic) bond motifs is 1. The molecule has 0 aromatic heterocycles. The Kier molecular flexibility index (Phi) is 5.45. The fraction of sp³-hybridized carbons (Fsp3) is 0.348. The number of likely N-dealkylation sites (tertiary alicyclic amines) is 1. The van der Waals surface area contributed by atoms with Crippen LogP contribution in [-0.4, -0.2) is 43.1 Å². The topological polar surface area (TPSA) is 68.2 Å². The van der Waals surface area contributed by atoms with Crippen molar-refractivity contribution < 1.29 is 24.1 Å². The van der Waals surface area contributed by atoms with E-state index in [9.17, 15) is 9.90 Å². The van der Waals surface area contributed by atoms with Gasteiger partial charge in [0.1, 0.15) is 11.5 Å². The van der Waals surface area contributed by atoms with Crippen LogP contribution in [0.25, 0.3) is 6.08 Å². The zero-order valence-corrected chi connectivity index (χ0v) is 16.7. The minimum Gasteiger partial charge on any atom is -0.507 e. The highest BCUT2D eigenvalue weighted by atomic mass is 16.5. The summed E-state index contributed by atoms with van der Waals surface area (Å²) in [5, 5.41) is 10.4. The smallest absolute Gasteiger partial charge is 0.231 e. The molecule has 0 aliphatic carbocycles. The van der Waals surface area contributed by atoms with Crippen molar-refractivity contribution in [2.45, 2.75) is 25.8 Å². The molecule has 0 amide bonds. The monoisotopic (exact) mass is 395 g/mol. The van der Waals surface area contributed by atoms with Crippen molar-refractivity contribution in [1.29, 1.82) is 0 Å². The molecule has 152 valence electrons. The van der Waals surface area contributed by atoms with Crippen LogP contribution in [0.15, 0.2) is 36.1 Å². The van der Waals surface area contributed by atoms with Crippen LogP contribution in [0.4, 0.5) is 0 Å². The first kappa shape index (κ1) is 19.3. The highest BCUT2D eigenvalue weighted by molar-refractivity contribution is 6.15. The Labute approximate surface area is 170 Å². The Bertz CT molecular complexity index is 960. The summed E-state index contributed by atoms with van der Waals surface area (Å²) in [5.41, 5.74) is 1.83. The fourth-order valence-electron chi connectivity index (χ4n) is 3.96. The van der Waals surface area contributed by atoms with E-state index in [4.69, 9.17) is 14.2 Å². The van der Waals surface area contributed by atoms with E-state index in [1.807, 2.05) is 12.1 Å². The molecule has 1 saturated heterocycles. The second kappa shape index (κ2) is 8.17. The van der Waals surface area contributed by atoms with Gasteiger partial charge in [0.05, 0.1) is 25.3 Å². The normalized spacial score (nSPS) is 17.9. The predicted octanol–water partition coefficient (Wildman–Crippen LogP) is 4.01. The summed E-state index contributed by atoms with van der Waals surface area (Å²) in [7, 11) is 3.12. The molecule has 29 heavy (non-hydrogen) atoms. The molecular formula is C23H25NO5. The lowest BCUT2D eigenvalue weighted by atomic mass is 10.0. The summed E-state index contributed by atoms with van der Waals surface area (Å²) in [6, 6.07) is 8.65. The molecule has 2 aliphatic rings. The van der Waals surface area contributed by atoms with Gasteiger partial charge in [0.25, 0.3) is 0 Å². The molecule has 2 aromatic carbocycles. The van der Waals surface area contributed by atoms with Gasteiger partial charge >= 0.3 is 0 Å². The summed E-state index contributed by atoms with van der Waals surface area (Å²) < 4.78 is 16.8. The highest BCUT2D eigenvalue weighted by Gasteiger charge is 2.32. The third-order valence-electron chi connectivity index (χ3n) is 5.47. The van der Waals surface area contributed by atoms with Crippen molar-refractivity contribution in [2.75, 3.05) is 27.3 Å². The van der Waals surface area contributed by atoms with Gasteiger partial charge in [-0.05, 0) is 50.2 Å². The maximum absolute atomic E-state index is 13.0. The third-order valence-corrected chi connectivity index (χ3v) is 5.47. The van der Waals surface area contributed by atoms with Crippen molar-refractivity contribution in [3.05, 3.63) is 52.8 Å². The summed E-state index contributed by atoms with van der Waals surface area (Å²) in [6.45, 7) is 2.54. The number of hydrogen-bond acceptors (Lipinski definition) is 6. The molecule has 0 bridgehead atoms. The van der Waals surface area contributed by atoms with Crippen molar-refractivity contribution in [3.8, 4) is 23.0 Å². The largest absolute Gasteiger partial charge is 0.507 e. The van der Waals surface area contributed by atoms with Crippen molar-refractivity contribution in [2.24, 2.45) is 0 Å². The van der Waals surface area contributed by atoms with E-state index in [0.717, 1.165) is 25.9 Å². The molecule has 0 saturated carbocycles. The highest BCUT2D eigenvalue weighted by Crippen LogP contribution is 2.41. The van der Waals surface area contributed by atoms with Crippen molar-refractivity contribution >= 4 is 11.9 Å². The maximum Gasteiger partial charge on any atom is 0.231 e. The number of aromatic hydroxyl groups is 1. The Balaban J connectivity index is 1.68. The number of hydrogen-bond donors (Lipinski definition) is 1. The number of carbonyl (C=O) groups is 1. The number of nitrogens with zero attached hydrogens (tertiary/aromatic N) is 1. The van der Waals surface area contributed by atoms with Gasteiger partial charge in [-0.3, -0.25) is 9.69 Å². The molecule has 6 heteroatoms. The molecule has 1 N–H and O–H groups in total. The van der Waals surface area contributed by atoms with Gasteiger partial charge in [0, 0.05) is 12.1 Å². The van der Waals surface area contributed by atoms with E-state index in [2.05, 4.69) is 4.90 Å². The summed E-state index contributed by atoms with van der Waals surface area (Å²) in [4.78, 5) is 15.2. The predicted molar refractivity (Wildman–Crippen MR) is 110 cm³/mol. The van der Waals surface area contributed by atoms with Crippen LogP contribution in [-0.2, 0) is 6.54 Å². The maximum atomic E-state index is 13.0. The first-order chi connectivity index (χ1) is 14.1. The van der Waals surface area contributed by atoms with Gasteiger partial charge in [-0.2, -0.15) is 0 Å². The minimum atomic E-state index is -0.204. The van der Waals surface area contributed by atoms with E-state index in [1.54, 1.807) is 38.5 Å². The fourth-order valence-corrected chi connectivity index (χ4v) is 3.96. The third kappa shape index (κ3) is 3.68. The lowest BCUT2D eigenvalue weighted by Gasteiger charge is -2.27. The summed E-state index contributed by atoms with van der Waals surface area (Å²) in [5.74, 6) is 1.72. The molecule has 0 radical (unpaired) electrons. The molecule has 6 nitrogen and oxygen atoms in total. The lowest BCUT2D eigenvalue weighted by molar-refractivity contribution is 0.101. The second-order valence-electron chi connectivity index (χ2n) is 7.30. The van der Waals surface area contributed by atoms with Gasteiger partial charge in [-0.1, -0.05) is 18.6 Å². The second-order valence-corrected chi connectivity index (χ2v) is 7.30. The van der Waals surface area contributed by atoms with Crippen LogP contribution in [0.5, 0.6) is 23.0 Å². The Hall–Kier alpha value is -2.99. The van der Waals surface area contributed by atoms with Gasteiger partial charge < -0.3 is 19.3 Å². The molecule has 0 spiro atoms. The summed E-state index contributed by atoms with van der Waals surface area (Å²) in [6.07, 6.45) is 5.19. The Morgan fingerprint density at radius 1 is 1.10 bits per heavy atom. The zero-order valence-electron chi connectivity index (χ0n) is 16.7. The number of Topliss-reactive ketones (excluding diaryl/α,β-unsaturated/α-hetero) is 1. The van der Waals surface area contributed by atoms with Crippen molar-refractivity contribution in [3.63, 3.8) is 0 Å². The number of rotatable bonds is 5. The number of phenolic OH excluding ortho intramolecular Hbond substituents is 1. The van der Waals surface area contributed by atoms with Gasteiger partial charge in [0.2, 0.25) is 5.78 Å². The van der Waals surface area contributed by atoms with Gasteiger partial charge in [-0.15, -0.1) is 0 Å². The van der Waals surface area contributed by atoms with E-state index >= 15 is 0 Å². The number of ether oxygens (including phenoxy) is 3. The lowest BCUT2D eigenvalue weighted by Crippen LogP contribution is -2.29. The van der Waals surface area contributed by atoms with Crippen LogP contribution < -0.4 is 14.2 Å². The standard InChI is InChI=1S/C23H25NO5/c1-27-19-8-6-7-15(22(19)28-2)13-20-21(26)16-9-10-18(25)17(23(16)29-20)14-24-11-4-3-5-12-24/h6-10,13,25H,3-5,11-12,14H2,1-2H3/b20-13+. The molecule has 4 rings (SSSR count). The minimum absolute atomic E-state index is 0.155. The molecule has 0 atom stereocenters. The SMILES string of the molecule is COc1cccc(/C=C2/Oc3c(ccc(O)c3CN3CCCCC3)C2=O)c1OC. The molecule has 0 unspecified atom stereocenters. The Morgan fingerprint density at radius 3 is 2.62 bits per heavy atom. The molecule has 2 aliphatic heterocycles. The van der Waals surface area contributed by atoms with Crippen molar-refractivity contribution in [1.82, 2.24) is 4.90 Å². The number of phenols is 1. The number of methoxy groups -OCH3 is 2. The number of benzene rings is 2. The number of piperidine rings is 1. The van der Waals surface area contributed by atoms with E-state index in [-0.39, 0.29) is 17.3 Å². The number of carbonyl (C=O) groups excluding carboxylic acids is 1. The molecule has 1 fully saturated rings. The number of para-hydroxylation sites is 1. The van der Waals surface area contributed by atoms with E-state index in [1.165, 1.54) is 6.42 Å². The van der Waals surface area contributed by atoms with Crippen LogP contribution in [0, 0.1) is 0 Å². The molecule has 2 heterocycles. The van der Waals surface area contributed by atoms with Crippen LogP contribution >= 0.6 is 0 Å². The first-order valence-corrected chi connectivity index (χ1v) is 9.85. The quantitative estimate of drug-likeness (QED) is 0.772. The molecule has 2 aromatic rings.